The molecule has 1 aromatic carbocycles. The second kappa shape index (κ2) is 6.43. The van der Waals surface area contributed by atoms with Crippen molar-refractivity contribution in [1.82, 2.24) is 25.0 Å². The van der Waals surface area contributed by atoms with Crippen LogP contribution < -0.4 is 9.47 Å². The van der Waals surface area contributed by atoms with Crippen molar-refractivity contribution in [3.63, 3.8) is 0 Å². The van der Waals surface area contributed by atoms with Gasteiger partial charge in [-0.15, -0.1) is 5.10 Å². The number of aromatic nitrogens is 5. The van der Waals surface area contributed by atoms with Gasteiger partial charge in [-0.2, -0.15) is 0 Å². The SMILES string of the molecule is COc1ccc(-c2cn(Cc3ncc(C)cn3)nn2)cc1OC. The number of nitrogens with zero attached hydrogens (tertiary/aromatic N) is 5. The molecule has 2 heterocycles. The summed E-state index contributed by atoms with van der Waals surface area (Å²) in [4.78, 5) is 8.54. The molecule has 0 aliphatic heterocycles. The van der Waals surface area contributed by atoms with Crippen molar-refractivity contribution >= 4 is 0 Å². The minimum absolute atomic E-state index is 0.473. The molecule has 0 amide bonds. The van der Waals surface area contributed by atoms with Gasteiger partial charge in [-0.3, -0.25) is 0 Å². The maximum atomic E-state index is 5.31. The molecule has 2 aromatic heterocycles. The molecular formula is C16H17N5O2. The Morgan fingerprint density at radius 2 is 1.78 bits per heavy atom. The molecule has 3 aromatic rings. The molecule has 0 saturated carbocycles. The van der Waals surface area contributed by atoms with Crippen LogP contribution in [0.5, 0.6) is 11.5 Å². The van der Waals surface area contributed by atoms with Crippen molar-refractivity contribution in [2.24, 2.45) is 0 Å². The van der Waals surface area contributed by atoms with Gasteiger partial charge in [-0.05, 0) is 30.7 Å². The zero-order valence-corrected chi connectivity index (χ0v) is 13.2. The molecule has 118 valence electrons. The van der Waals surface area contributed by atoms with Gasteiger partial charge < -0.3 is 9.47 Å². The lowest BCUT2D eigenvalue weighted by Crippen LogP contribution is -2.04. The summed E-state index contributed by atoms with van der Waals surface area (Å²) in [6, 6.07) is 5.63. The molecule has 7 nitrogen and oxygen atoms in total. The number of rotatable bonds is 5. The molecular weight excluding hydrogens is 294 g/mol. The normalized spacial score (nSPS) is 10.6. The molecule has 0 bridgehead atoms. The first kappa shape index (κ1) is 15.0. The van der Waals surface area contributed by atoms with Gasteiger partial charge >= 0.3 is 0 Å². The van der Waals surface area contributed by atoms with E-state index in [9.17, 15) is 0 Å². The van der Waals surface area contributed by atoms with Gasteiger partial charge in [0.1, 0.15) is 18.1 Å². The fraction of sp³-hybridized carbons (Fsp3) is 0.250. The zero-order chi connectivity index (χ0) is 16.2. The van der Waals surface area contributed by atoms with Crippen LogP contribution in [-0.2, 0) is 6.54 Å². The number of ether oxygens (including phenoxy) is 2. The van der Waals surface area contributed by atoms with Crippen LogP contribution in [0.15, 0.2) is 36.8 Å². The van der Waals surface area contributed by atoms with E-state index in [1.807, 2.05) is 31.3 Å². The topological polar surface area (TPSA) is 75.0 Å². The Morgan fingerprint density at radius 3 is 2.48 bits per heavy atom. The smallest absolute Gasteiger partial charge is 0.161 e. The monoisotopic (exact) mass is 311 g/mol. The highest BCUT2D eigenvalue weighted by Gasteiger charge is 2.10. The van der Waals surface area contributed by atoms with E-state index in [0.29, 0.717) is 23.9 Å². The maximum absolute atomic E-state index is 5.31. The molecule has 0 unspecified atom stereocenters. The van der Waals surface area contributed by atoms with Gasteiger partial charge in [0.05, 0.1) is 20.4 Å². The Balaban J connectivity index is 1.82. The Labute approximate surface area is 133 Å². The first-order valence-corrected chi connectivity index (χ1v) is 7.09. The quantitative estimate of drug-likeness (QED) is 0.718. The van der Waals surface area contributed by atoms with E-state index in [1.54, 1.807) is 31.3 Å². The van der Waals surface area contributed by atoms with Crippen LogP contribution in [0.1, 0.15) is 11.4 Å². The molecule has 0 fully saturated rings. The van der Waals surface area contributed by atoms with Crippen molar-refractivity contribution in [3.8, 4) is 22.8 Å². The van der Waals surface area contributed by atoms with Crippen LogP contribution in [0.4, 0.5) is 0 Å². The molecule has 0 aliphatic carbocycles. The lowest BCUT2D eigenvalue weighted by molar-refractivity contribution is 0.355. The van der Waals surface area contributed by atoms with Crippen LogP contribution in [0.25, 0.3) is 11.3 Å². The van der Waals surface area contributed by atoms with E-state index in [2.05, 4.69) is 20.3 Å². The highest BCUT2D eigenvalue weighted by atomic mass is 16.5. The van der Waals surface area contributed by atoms with Crippen LogP contribution in [0, 0.1) is 6.92 Å². The highest BCUT2D eigenvalue weighted by Crippen LogP contribution is 2.31. The third kappa shape index (κ3) is 3.28. The van der Waals surface area contributed by atoms with Gasteiger partial charge in [0.15, 0.2) is 11.5 Å². The number of benzene rings is 1. The van der Waals surface area contributed by atoms with Crippen LogP contribution >= 0.6 is 0 Å². The summed E-state index contributed by atoms with van der Waals surface area (Å²) in [6.07, 6.45) is 5.42. The predicted molar refractivity (Wildman–Crippen MR) is 84.4 cm³/mol. The standard InChI is InChI=1S/C16H17N5O2/c1-11-7-17-16(18-8-11)10-21-9-13(19-20-21)12-4-5-14(22-2)15(6-12)23-3/h4-9H,10H2,1-3H3. The van der Waals surface area contributed by atoms with E-state index in [0.717, 1.165) is 16.8 Å². The highest BCUT2D eigenvalue weighted by molar-refractivity contribution is 5.63. The molecule has 0 spiro atoms. The predicted octanol–water partition coefficient (Wildman–Crippen LogP) is 2.11. The first-order valence-electron chi connectivity index (χ1n) is 7.09. The third-order valence-electron chi connectivity index (χ3n) is 3.36. The summed E-state index contributed by atoms with van der Waals surface area (Å²) in [7, 11) is 3.21. The van der Waals surface area contributed by atoms with Crippen molar-refractivity contribution in [2.45, 2.75) is 13.5 Å². The second-order valence-corrected chi connectivity index (χ2v) is 5.05. The first-order chi connectivity index (χ1) is 11.2. The maximum Gasteiger partial charge on any atom is 0.161 e. The summed E-state index contributed by atoms with van der Waals surface area (Å²) >= 11 is 0. The van der Waals surface area contributed by atoms with E-state index >= 15 is 0 Å². The summed E-state index contributed by atoms with van der Waals surface area (Å²) in [5, 5.41) is 8.32. The van der Waals surface area contributed by atoms with Crippen molar-refractivity contribution < 1.29 is 9.47 Å². The average Bonchev–Trinajstić information content (AvgIpc) is 3.05. The second-order valence-electron chi connectivity index (χ2n) is 5.05. The number of methoxy groups -OCH3 is 2. The van der Waals surface area contributed by atoms with Crippen LogP contribution in [0.2, 0.25) is 0 Å². The number of aryl methyl sites for hydroxylation is 1. The summed E-state index contributed by atoms with van der Waals surface area (Å²) in [5.41, 5.74) is 2.68. The fourth-order valence-corrected chi connectivity index (χ4v) is 2.15. The Bertz CT molecular complexity index is 798. The van der Waals surface area contributed by atoms with E-state index < -0.39 is 0 Å². The molecule has 0 N–H and O–H groups in total. The lowest BCUT2D eigenvalue weighted by Gasteiger charge is -2.07. The van der Waals surface area contributed by atoms with Gasteiger partial charge in [-0.1, -0.05) is 5.21 Å². The number of hydrogen-bond acceptors (Lipinski definition) is 6. The molecule has 0 radical (unpaired) electrons. The zero-order valence-electron chi connectivity index (χ0n) is 13.2. The fourth-order valence-electron chi connectivity index (χ4n) is 2.15. The van der Waals surface area contributed by atoms with Gasteiger partial charge in [0.2, 0.25) is 0 Å². The Kier molecular flexibility index (Phi) is 4.18. The van der Waals surface area contributed by atoms with Crippen molar-refractivity contribution in [2.75, 3.05) is 14.2 Å². The Morgan fingerprint density at radius 1 is 1.04 bits per heavy atom. The van der Waals surface area contributed by atoms with Crippen molar-refractivity contribution in [3.05, 3.63) is 48.2 Å². The number of hydrogen-bond donors (Lipinski definition) is 0. The van der Waals surface area contributed by atoms with Gasteiger partial charge in [-0.25, -0.2) is 14.6 Å². The molecule has 7 heteroatoms. The molecule has 0 saturated heterocycles. The van der Waals surface area contributed by atoms with E-state index in [1.165, 1.54) is 0 Å². The van der Waals surface area contributed by atoms with Crippen LogP contribution in [-0.4, -0.2) is 39.2 Å². The third-order valence-corrected chi connectivity index (χ3v) is 3.36. The lowest BCUT2D eigenvalue weighted by atomic mass is 10.1. The van der Waals surface area contributed by atoms with E-state index in [-0.39, 0.29) is 0 Å². The molecule has 0 aliphatic rings. The minimum Gasteiger partial charge on any atom is -0.493 e. The Hall–Kier alpha value is -2.96. The van der Waals surface area contributed by atoms with E-state index in [4.69, 9.17) is 9.47 Å². The molecule has 23 heavy (non-hydrogen) atoms. The molecule has 0 atom stereocenters. The molecule has 3 rings (SSSR count). The summed E-state index contributed by atoms with van der Waals surface area (Å²) in [5.74, 6) is 2.03. The summed E-state index contributed by atoms with van der Waals surface area (Å²) in [6.45, 7) is 2.43. The van der Waals surface area contributed by atoms with Gasteiger partial charge in [0.25, 0.3) is 0 Å². The van der Waals surface area contributed by atoms with Gasteiger partial charge in [0, 0.05) is 18.0 Å². The largest absolute Gasteiger partial charge is 0.493 e. The van der Waals surface area contributed by atoms with Crippen molar-refractivity contribution in [1.29, 1.82) is 0 Å². The van der Waals surface area contributed by atoms with Crippen LogP contribution in [0.3, 0.4) is 0 Å². The average molecular weight is 311 g/mol. The minimum atomic E-state index is 0.473. The summed E-state index contributed by atoms with van der Waals surface area (Å²) < 4.78 is 12.3.